The molecule has 0 saturated heterocycles. The van der Waals surface area contributed by atoms with Crippen LogP contribution in [0.3, 0.4) is 0 Å². The lowest BCUT2D eigenvalue weighted by Gasteiger charge is -2.17. The van der Waals surface area contributed by atoms with Gasteiger partial charge in [-0.2, -0.15) is 0 Å². The summed E-state index contributed by atoms with van der Waals surface area (Å²) in [7, 11) is 0. The third-order valence-electron chi connectivity index (χ3n) is 7.50. The zero-order valence-electron chi connectivity index (χ0n) is 23.7. The molecule has 0 N–H and O–H groups in total. The lowest BCUT2D eigenvalue weighted by atomic mass is 9.89. The maximum absolute atomic E-state index is 2.36. The third kappa shape index (κ3) is 26.3. The molecule has 0 rings (SSSR count). The van der Waals surface area contributed by atoms with Gasteiger partial charge in [-0.3, -0.25) is 0 Å². The molecule has 0 aromatic carbocycles. The molecule has 0 aromatic heterocycles. The van der Waals surface area contributed by atoms with Crippen LogP contribution in [0, 0.1) is 17.8 Å². The lowest BCUT2D eigenvalue weighted by molar-refractivity contribution is 0.364. The molecule has 0 amide bonds. The molecular weight excluding hydrogens is 384 g/mol. The largest absolute Gasteiger partial charge is 0.0654 e. The van der Waals surface area contributed by atoms with Crippen LogP contribution in [0.1, 0.15) is 189 Å². The SMILES string of the molecule is CCCCCCCCCC(CCCCCCCCC(C)C)CCCCCCCCC(C)C. The summed E-state index contributed by atoms with van der Waals surface area (Å²) in [5.74, 6) is 2.82. The Bertz CT molecular complexity index is 305. The monoisotopic (exact) mass is 451 g/mol. The molecule has 32 heavy (non-hydrogen) atoms. The van der Waals surface area contributed by atoms with Crippen molar-refractivity contribution in [2.24, 2.45) is 17.8 Å². The minimum Gasteiger partial charge on any atom is -0.0654 e. The van der Waals surface area contributed by atoms with Crippen molar-refractivity contribution in [1.29, 1.82) is 0 Å². The molecule has 0 unspecified atom stereocenters. The van der Waals surface area contributed by atoms with E-state index in [2.05, 4.69) is 34.6 Å². The van der Waals surface area contributed by atoms with Gasteiger partial charge >= 0.3 is 0 Å². The van der Waals surface area contributed by atoms with Crippen LogP contribution in [0.25, 0.3) is 0 Å². The van der Waals surface area contributed by atoms with Crippen LogP contribution in [0.5, 0.6) is 0 Å². The van der Waals surface area contributed by atoms with Crippen LogP contribution >= 0.6 is 0 Å². The fourth-order valence-electron chi connectivity index (χ4n) is 5.21. The van der Waals surface area contributed by atoms with E-state index in [0.29, 0.717) is 0 Å². The Morgan fingerprint density at radius 1 is 0.312 bits per heavy atom. The van der Waals surface area contributed by atoms with Gasteiger partial charge in [0.1, 0.15) is 0 Å². The Morgan fingerprint density at radius 2 is 0.562 bits per heavy atom. The number of hydrogen-bond donors (Lipinski definition) is 0. The molecule has 0 atom stereocenters. The van der Waals surface area contributed by atoms with Crippen molar-refractivity contribution in [2.45, 2.75) is 189 Å². The average molecular weight is 451 g/mol. The van der Waals surface area contributed by atoms with E-state index in [4.69, 9.17) is 0 Å². The van der Waals surface area contributed by atoms with E-state index in [9.17, 15) is 0 Å². The normalized spacial score (nSPS) is 12.0. The van der Waals surface area contributed by atoms with E-state index in [1.54, 1.807) is 0 Å². The van der Waals surface area contributed by atoms with Crippen LogP contribution in [-0.2, 0) is 0 Å². The van der Waals surface area contributed by atoms with Crippen molar-refractivity contribution in [2.75, 3.05) is 0 Å². The van der Waals surface area contributed by atoms with Crippen molar-refractivity contribution in [3.8, 4) is 0 Å². The second-order valence-electron chi connectivity index (χ2n) is 12.0. The highest BCUT2D eigenvalue weighted by Gasteiger charge is 2.09. The summed E-state index contributed by atoms with van der Waals surface area (Å²) >= 11 is 0. The van der Waals surface area contributed by atoms with E-state index < -0.39 is 0 Å². The van der Waals surface area contributed by atoms with Gasteiger partial charge in [0.2, 0.25) is 0 Å². The molecule has 0 aliphatic rings. The minimum absolute atomic E-state index is 0.891. The second-order valence-corrected chi connectivity index (χ2v) is 12.0. The van der Waals surface area contributed by atoms with Crippen molar-refractivity contribution in [3.05, 3.63) is 0 Å². The summed E-state index contributed by atoms with van der Waals surface area (Å²) < 4.78 is 0. The van der Waals surface area contributed by atoms with Gasteiger partial charge in [-0.25, -0.2) is 0 Å². The van der Waals surface area contributed by atoms with E-state index in [-0.39, 0.29) is 0 Å². The molecule has 0 radical (unpaired) electrons. The Balaban J connectivity index is 3.86. The molecule has 0 aromatic rings. The van der Waals surface area contributed by atoms with E-state index in [1.165, 1.54) is 154 Å². The Morgan fingerprint density at radius 3 is 0.844 bits per heavy atom. The van der Waals surface area contributed by atoms with Crippen molar-refractivity contribution in [3.63, 3.8) is 0 Å². The molecule has 0 saturated carbocycles. The molecule has 0 fully saturated rings. The predicted molar refractivity (Wildman–Crippen MR) is 150 cm³/mol. The van der Waals surface area contributed by atoms with Gasteiger partial charge in [-0.15, -0.1) is 0 Å². The van der Waals surface area contributed by atoms with Crippen molar-refractivity contribution in [1.82, 2.24) is 0 Å². The Labute approximate surface area is 206 Å². The average Bonchev–Trinajstić information content (AvgIpc) is 2.75. The van der Waals surface area contributed by atoms with Crippen LogP contribution in [-0.4, -0.2) is 0 Å². The summed E-state index contributed by atoms with van der Waals surface area (Å²) in [5.41, 5.74) is 0. The summed E-state index contributed by atoms with van der Waals surface area (Å²) in [5, 5.41) is 0. The van der Waals surface area contributed by atoms with E-state index >= 15 is 0 Å². The Hall–Kier alpha value is 0. The zero-order chi connectivity index (χ0) is 23.7. The van der Waals surface area contributed by atoms with Crippen LogP contribution in [0.2, 0.25) is 0 Å². The van der Waals surface area contributed by atoms with Gasteiger partial charge in [-0.05, 0) is 17.8 Å². The van der Waals surface area contributed by atoms with Gasteiger partial charge < -0.3 is 0 Å². The quantitative estimate of drug-likeness (QED) is 0.115. The van der Waals surface area contributed by atoms with E-state index in [1.807, 2.05) is 0 Å². The van der Waals surface area contributed by atoms with Gasteiger partial charge in [0.05, 0.1) is 0 Å². The fourth-order valence-corrected chi connectivity index (χ4v) is 5.21. The first-order chi connectivity index (χ1) is 15.6. The van der Waals surface area contributed by atoms with Crippen LogP contribution in [0.4, 0.5) is 0 Å². The first kappa shape index (κ1) is 32.0. The molecule has 0 spiro atoms. The second kappa shape index (κ2) is 25.6. The summed E-state index contributed by atoms with van der Waals surface area (Å²) in [6.45, 7) is 11.8. The number of rotatable bonds is 26. The maximum Gasteiger partial charge on any atom is -0.0414 e. The van der Waals surface area contributed by atoms with E-state index in [0.717, 1.165) is 17.8 Å². The fraction of sp³-hybridized carbons (Fsp3) is 1.00. The van der Waals surface area contributed by atoms with Crippen molar-refractivity contribution >= 4 is 0 Å². The maximum atomic E-state index is 2.36. The highest BCUT2D eigenvalue weighted by molar-refractivity contribution is 4.62. The highest BCUT2D eigenvalue weighted by Crippen LogP contribution is 2.25. The van der Waals surface area contributed by atoms with Crippen LogP contribution < -0.4 is 0 Å². The standard InChI is InChI=1S/C32H66/c1-6-7-8-9-10-17-22-27-32(28-23-18-13-11-15-20-25-30(2)3)29-24-19-14-12-16-21-26-31(4)5/h30-32H,6-29H2,1-5H3. The number of hydrogen-bond acceptors (Lipinski definition) is 0. The predicted octanol–water partition coefficient (Wildman–Crippen LogP) is 12.3. The summed E-state index contributed by atoms with van der Waals surface area (Å²) in [4.78, 5) is 0. The van der Waals surface area contributed by atoms with Gasteiger partial charge in [-0.1, -0.05) is 189 Å². The lowest BCUT2D eigenvalue weighted by Crippen LogP contribution is -2.02. The van der Waals surface area contributed by atoms with Gasteiger partial charge in [0, 0.05) is 0 Å². The van der Waals surface area contributed by atoms with Crippen molar-refractivity contribution < 1.29 is 0 Å². The first-order valence-electron chi connectivity index (χ1n) is 15.6. The third-order valence-corrected chi connectivity index (χ3v) is 7.50. The van der Waals surface area contributed by atoms with Crippen LogP contribution in [0.15, 0.2) is 0 Å². The smallest absolute Gasteiger partial charge is 0.0414 e. The summed E-state index contributed by atoms with van der Waals surface area (Å²) in [6, 6.07) is 0. The Kier molecular flexibility index (Phi) is 25.6. The number of unbranched alkanes of at least 4 members (excludes halogenated alkanes) is 16. The first-order valence-corrected chi connectivity index (χ1v) is 15.6. The molecular formula is C32H66. The molecule has 0 nitrogen and oxygen atoms in total. The van der Waals surface area contributed by atoms with Gasteiger partial charge in [0.15, 0.2) is 0 Å². The molecule has 0 aliphatic heterocycles. The molecule has 0 heteroatoms. The topological polar surface area (TPSA) is 0 Å². The summed E-state index contributed by atoms with van der Waals surface area (Å²) in [6.07, 6.45) is 35.4. The molecule has 194 valence electrons. The highest BCUT2D eigenvalue weighted by atomic mass is 14.1. The van der Waals surface area contributed by atoms with Gasteiger partial charge in [0.25, 0.3) is 0 Å². The molecule has 0 aliphatic carbocycles. The minimum atomic E-state index is 0.891. The zero-order valence-corrected chi connectivity index (χ0v) is 23.7. The molecule has 0 heterocycles. The molecule has 0 bridgehead atoms.